The van der Waals surface area contributed by atoms with Gasteiger partial charge in [-0.25, -0.2) is 0 Å². The zero-order valence-electron chi connectivity index (χ0n) is 16.7. The van der Waals surface area contributed by atoms with E-state index in [2.05, 4.69) is 12.2 Å². The van der Waals surface area contributed by atoms with Crippen molar-refractivity contribution in [2.24, 2.45) is 0 Å². The van der Waals surface area contributed by atoms with Crippen LogP contribution < -0.4 is 5.32 Å². The molecule has 0 spiro atoms. The van der Waals surface area contributed by atoms with Crippen LogP contribution in [0.1, 0.15) is 37.8 Å². The molecule has 0 radical (unpaired) electrons. The molecule has 0 aliphatic heterocycles. The van der Waals surface area contributed by atoms with Crippen molar-refractivity contribution < 1.29 is 9.59 Å². The van der Waals surface area contributed by atoms with Crippen LogP contribution in [-0.4, -0.2) is 35.8 Å². The van der Waals surface area contributed by atoms with Gasteiger partial charge in [0.2, 0.25) is 11.8 Å². The van der Waals surface area contributed by atoms with Crippen molar-refractivity contribution in [1.82, 2.24) is 10.2 Å². The van der Waals surface area contributed by atoms with Gasteiger partial charge in [-0.3, -0.25) is 9.59 Å². The Balaban J connectivity index is 2.09. The third-order valence-corrected chi connectivity index (χ3v) is 4.96. The molecule has 2 aromatic carbocycles. The van der Waals surface area contributed by atoms with Crippen LogP contribution in [0, 0.1) is 0 Å². The molecule has 0 bridgehead atoms. The second-order valence-corrected chi connectivity index (χ2v) is 7.39. The van der Waals surface area contributed by atoms with Crippen LogP contribution in [0.25, 0.3) is 0 Å². The van der Waals surface area contributed by atoms with E-state index >= 15 is 0 Å². The molecule has 2 amide bonds. The normalized spacial score (nSPS) is 11.7. The van der Waals surface area contributed by atoms with Crippen molar-refractivity contribution in [2.45, 2.75) is 45.6 Å². The predicted molar refractivity (Wildman–Crippen MR) is 114 cm³/mol. The van der Waals surface area contributed by atoms with E-state index in [1.54, 1.807) is 24.0 Å². The van der Waals surface area contributed by atoms with Crippen LogP contribution in [0.5, 0.6) is 0 Å². The summed E-state index contributed by atoms with van der Waals surface area (Å²) in [6.45, 7) is 5.00. The summed E-state index contributed by atoms with van der Waals surface area (Å²) >= 11 is 6.04. The number of carbonyl (C=O) groups excluding carboxylic acids is 2. The SMILES string of the molecule is CCCCNC(=O)[C@@H](C)N(CCc1ccccc1)C(=O)Cc1cccc(Cl)c1. The summed E-state index contributed by atoms with van der Waals surface area (Å²) in [5.74, 6) is -0.183. The quantitative estimate of drug-likeness (QED) is 0.606. The highest BCUT2D eigenvalue weighted by molar-refractivity contribution is 6.30. The fourth-order valence-corrected chi connectivity index (χ4v) is 3.24. The molecule has 0 aliphatic rings. The van der Waals surface area contributed by atoms with Crippen molar-refractivity contribution in [3.8, 4) is 0 Å². The van der Waals surface area contributed by atoms with Crippen LogP contribution >= 0.6 is 11.6 Å². The molecule has 0 saturated heterocycles. The first kappa shape index (κ1) is 22.0. The number of carbonyl (C=O) groups is 2. The summed E-state index contributed by atoms with van der Waals surface area (Å²) < 4.78 is 0. The zero-order chi connectivity index (χ0) is 20.4. The number of rotatable bonds is 10. The molecule has 5 heteroatoms. The first-order valence-corrected chi connectivity index (χ1v) is 10.2. The van der Waals surface area contributed by atoms with Crippen LogP contribution in [0.3, 0.4) is 0 Å². The molecule has 0 heterocycles. The lowest BCUT2D eigenvalue weighted by atomic mass is 10.1. The lowest BCUT2D eigenvalue weighted by Gasteiger charge is -2.29. The maximum absolute atomic E-state index is 13.0. The van der Waals surface area contributed by atoms with E-state index in [0.717, 1.165) is 24.0 Å². The molecule has 0 aliphatic carbocycles. The average molecular weight is 401 g/mol. The number of unbranched alkanes of at least 4 members (excludes halogenated alkanes) is 1. The van der Waals surface area contributed by atoms with Gasteiger partial charge in [-0.05, 0) is 43.0 Å². The molecular weight excluding hydrogens is 372 g/mol. The van der Waals surface area contributed by atoms with Gasteiger partial charge in [-0.1, -0.05) is 67.4 Å². The number of hydrogen-bond donors (Lipinski definition) is 1. The average Bonchev–Trinajstić information content (AvgIpc) is 2.69. The summed E-state index contributed by atoms with van der Waals surface area (Å²) in [5.41, 5.74) is 1.99. The minimum absolute atomic E-state index is 0.0728. The molecule has 2 rings (SSSR count). The van der Waals surface area contributed by atoms with Gasteiger partial charge in [0, 0.05) is 18.1 Å². The van der Waals surface area contributed by atoms with Gasteiger partial charge in [0.05, 0.1) is 6.42 Å². The summed E-state index contributed by atoms with van der Waals surface area (Å²) in [7, 11) is 0. The van der Waals surface area contributed by atoms with E-state index in [1.165, 1.54) is 0 Å². The highest BCUT2D eigenvalue weighted by atomic mass is 35.5. The van der Waals surface area contributed by atoms with Crippen molar-refractivity contribution >= 4 is 23.4 Å². The molecule has 0 saturated carbocycles. The molecule has 1 atom stereocenters. The lowest BCUT2D eigenvalue weighted by Crippen LogP contribution is -2.49. The van der Waals surface area contributed by atoms with E-state index in [0.29, 0.717) is 24.5 Å². The Morgan fingerprint density at radius 2 is 1.79 bits per heavy atom. The van der Waals surface area contributed by atoms with Crippen LogP contribution in [-0.2, 0) is 22.4 Å². The summed E-state index contributed by atoms with van der Waals surface area (Å²) in [6, 6.07) is 16.8. The maximum atomic E-state index is 13.0. The first-order chi connectivity index (χ1) is 13.5. The molecule has 1 N–H and O–H groups in total. The molecule has 0 unspecified atom stereocenters. The number of benzene rings is 2. The Morgan fingerprint density at radius 1 is 1.07 bits per heavy atom. The largest absolute Gasteiger partial charge is 0.354 e. The van der Waals surface area contributed by atoms with Crippen LogP contribution in [0.2, 0.25) is 5.02 Å². The Hall–Kier alpha value is -2.33. The van der Waals surface area contributed by atoms with Gasteiger partial charge in [0.1, 0.15) is 6.04 Å². The fourth-order valence-electron chi connectivity index (χ4n) is 3.03. The van der Waals surface area contributed by atoms with E-state index in [9.17, 15) is 9.59 Å². The standard InChI is InChI=1S/C23H29ClN2O2/c1-3-4-14-25-23(28)18(2)26(15-13-19-9-6-5-7-10-19)22(27)17-20-11-8-12-21(24)16-20/h5-12,16,18H,3-4,13-15,17H2,1-2H3,(H,25,28)/t18-/m1/s1. The molecule has 2 aromatic rings. The predicted octanol–water partition coefficient (Wildman–Crippen LogP) is 4.26. The van der Waals surface area contributed by atoms with Crippen molar-refractivity contribution in [1.29, 1.82) is 0 Å². The summed E-state index contributed by atoms with van der Waals surface area (Å²) in [6.07, 6.45) is 2.87. The lowest BCUT2D eigenvalue weighted by molar-refractivity contribution is -0.139. The Morgan fingerprint density at radius 3 is 2.46 bits per heavy atom. The molecule has 4 nitrogen and oxygen atoms in total. The number of hydrogen-bond acceptors (Lipinski definition) is 2. The highest BCUT2D eigenvalue weighted by Gasteiger charge is 2.25. The minimum atomic E-state index is -0.521. The van der Waals surface area contributed by atoms with E-state index in [-0.39, 0.29) is 18.2 Å². The van der Waals surface area contributed by atoms with Crippen LogP contribution in [0.4, 0.5) is 0 Å². The van der Waals surface area contributed by atoms with Gasteiger partial charge in [0.25, 0.3) is 0 Å². The highest BCUT2D eigenvalue weighted by Crippen LogP contribution is 2.14. The van der Waals surface area contributed by atoms with E-state index in [1.807, 2.05) is 42.5 Å². The monoisotopic (exact) mass is 400 g/mol. The second-order valence-electron chi connectivity index (χ2n) is 6.95. The second kappa shape index (κ2) is 11.5. The number of nitrogens with one attached hydrogen (secondary N) is 1. The van der Waals surface area contributed by atoms with Crippen LogP contribution in [0.15, 0.2) is 54.6 Å². The third-order valence-electron chi connectivity index (χ3n) is 4.73. The van der Waals surface area contributed by atoms with Gasteiger partial charge in [0.15, 0.2) is 0 Å². The molecule has 150 valence electrons. The summed E-state index contributed by atoms with van der Waals surface area (Å²) in [5, 5.41) is 3.54. The first-order valence-electron chi connectivity index (χ1n) is 9.86. The Bertz CT molecular complexity index is 764. The van der Waals surface area contributed by atoms with E-state index in [4.69, 9.17) is 11.6 Å². The third kappa shape index (κ3) is 7.01. The maximum Gasteiger partial charge on any atom is 0.242 e. The van der Waals surface area contributed by atoms with Gasteiger partial charge in [-0.15, -0.1) is 0 Å². The number of nitrogens with zero attached hydrogens (tertiary/aromatic N) is 1. The van der Waals surface area contributed by atoms with Gasteiger partial charge < -0.3 is 10.2 Å². The fraction of sp³-hybridized carbons (Fsp3) is 0.391. The topological polar surface area (TPSA) is 49.4 Å². The van der Waals surface area contributed by atoms with Gasteiger partial charge >= 0.3 is 0 Å². The Kier molecular flexibility index (Phi) is 9.02. The van der Waals surface area contributed by atoms with Crippen molar-refractivity contribution in [2.75, 3.05) is 13.1 Å². The van der Waals surface area contributed by atoms with Gasteiger partial charge in [-0.2, -0.15) is 0 Å². The molecular formula is C23H29ClN2O2. The molecule has 0 fully saturated rings. The molecule has 28 heavy (non-hydrogen) atoms. The number of halogens is 1. The molecule has 0 aromatic heterocycles. The number of amides is 2. The smallest absolute Gasteiger partial charge is 0.242 e. The van der Waals surface area contributed by atoms with E-state index < -0.39 is 6.04 Å². The van der Waals surface area contributed by atoms with Crippen molar-refractivity contribution in [3.05, 3.63) is 70.7 Å². The van der Waals surface area contributed by atoms with Crippen molar-refractivity contribution in [3.63, 3.8) is 0 Å². The minimum Gasteiger partial charge on any atom is -0.354 e. The Labute approximate surface area is 172 Å². The summed E-state index contributed by atoms with van der Waals surface area (Å²) in [4.78, 5) is 27.3. The zero-order valence-corrected chi connectivity index (χ0v) is 17.4.